The van der Waals surface area contributed by atoms with Gasteiger partial charge in [0.2, 0.25) is 5.91 Å². The molecule has 1 aliphatic rings. The minimum Gasteiger partial charge on any atom is -0.312 e. The Morgan fingerprint density at radius 2 is 1.78 bits per heavy atom. The molecule has 0 atom stereocenters. The van der Waals surface area contributed by atoms with Crippen LogP contribution in [0.5, 0.6) is 0 Å². The van der Waals surface area contributed by atoms with Crippen molar-refractivity contribution in [2.75, 3.05) is 6.54 Å². The van der Waals surface area contributed by atoms with Crippen LogP contribution in [0.2, 0.25) is 0 Å². The van der Waals surface area contributed by atoms with Gasteiger partial charge in [0, 0.05) is 12.1 Å². The zero-order valence-electron chi connectivity index (χ0n) is 13.9. The molecule has 0 aliphatic carbocycles. The van der Waals surface area contributed by atoms with Gasteiger partial charge in [-0.25, -0.2) is 0 Å². The predicted octanol–water partition coefficient (Wildman–Crippen LogP) is 4.68. The molecule has 1 amide bonds. The topological polar surface area (TPSA) is 20.3 Å². The number of carbonyl (C=O) groups is 1. The van der Waals surface area contributed by atoms with Gasteiger partial charge >= 0.3 is 0 Å². The predicted molar refractivity (Wildman–Crippen MR) is 95.8 cm³/mol. The third-order valence-electron chi connectivity index (χ3n) is 4.44. The Bertz CT molecular complexity index is 745. The third-order valence-corrected chi connectivity index (χ3v) is 4.44. The van der Waals surface area contributed by atoms with E-state index in [0.29, 0.717) is 6.42 Å². The first-order valence-electron chi connectivity index (χ1n) is 8.36. The van der Waals surface area contributed by atoms with Crippen LogP contribution in [0.3, 0.4) is 0 Å². The van der Waals surface area contributed by atoms with Gasteiger partial charge in [0.25, 0.3) is 0 Å². The summed E-state index contributed by atoms with van der Waals surface area (Å²) in [5, 5.41) is 0. The molecule has 2 nitrogen and oxygen atoms in total. The molecule has 118 valence electrons. The van der Waals surface area contributed by atoms with Crippen molar-refractivity contribution in [3.8, 4) is 0 Å². The van der Waals surface area contributed by atoms with E-state index in [2.05, 4.69) is 44.2 Å². The van der Waals surface area contributed by atoms with Crippen molar-refractivity contribution < 1.29 is 4.79 Å². The average Bonchev–Trinajstić information content (AvgIpc) is 2.69. The number of unbranched alkanes of at least 4 members (excludes halogenated alkanes) is 1. The van der Waals surface area contributed by atoms with E-state index in [-0.39, 0.29) is 5.91 Å². The lowest BCUT2D eigenvalue weighted by molar-refractivity contribution is -0.127. The van der Waals surface area contributed by atoms with Gasteiger partial charge in [0.05, 0.1) is 12.1 Å². The van der Waals surface area contributed by atoms with Crippen LogP contribution in [0.25, 0.3) is 11.8 Å². The molecule has 23 heavy (non-hydrogen) atoms. The molecular formula is C21H23NO. The van der Waals surface area contributed by atoms with Gasteiger partial charge in [-0.1, -0.05) is 61.9 Å². The standard InChI is InChI=1S/C21H23NO/c1-3-4-13-22-20(19-12-8-5-9-16(19)2)14-17-10-6-7-11-18(17)15-21(22)23/h5-12,14H,3-4,13,15H2,1-2H3. The highest BCUT2D eigenvalue weighted by atomic mass is 16.2. The Morgan fingerprint density at radius 1 is 1.04 bits per heavy atom. The highest BCUT2D eigenvalue weighted by molar-refractivity contribution is 5.97. The second kappa shape index (κ2) is 6.82. The van der Waals surface area contributed by atoms with Gasteiger partial charge in [-0.15, -0.1) is 0 Å². The molecule has 0 bridgehead atoms. The Labute approximate surface area is 138 Å². The number of nitrogens with zero attached hydrogens (tertiary/aromatic N) is 1. The number of rotatable bonds is 4. The van der Waals surface area contributed by atoms with Gasteiger partial charge in [-0.2, -0.15) is 0 Å². The van der Waals surface area contributed by atoms with E-state index >= 15 is 0 Å². The number of amides is 1. The second-order valence-electron chi connectivity index (χ2n) is 6.12. The first-order valence-corrected chi connectivity index (χ1v) is 8.36. The maximum Gasteiger partial charge on any atom is 0.231 e. The fourth-order valence-corrected chi connectivity index (χ4v) is 3.10. The van der Waals surface area contributed by atoms with E-state index in [1.807, 2.05) is 29.2 Å². The Morgan fingerprint density at radius 3 is 2.57 bits per heavy atom. The molecule has 2 heteroatoms. The average molecular weight is 305 g/mol. The molecule has 0 radical (unpaired) electrons. The smallest absolute Gasteiger partial charge is 0.231 e. The van der Waals surface area contributed by atoms with E-state index in [4.69, 9.17) is 0 Å². The van der Waals surface area contributed by atoms with Crippen LogP contribution < -0.4 is 0 Å². The highest BCUT2D eigenvalue weighted by Gasteiger charge is 2.24. The Hall–Kier alpha value is -2.35. The molecule has 1 aliphatic heterocycles. The minimum absolute atomic E-state index is 0.193. The van der Waals surface area contributed by atoms with Crippen LogP contribution in [-0.2, 0) is 11.2 Å². The van der Waals surface area contributed by atoms with Gasteiger partial charge < -0.3 is 4.90 Å². The zero-order valence-corrected chi connectivity index (χ0v) is 13.9. The maximum atomic E-state index is 12.9. The van der Waals surface area contributed by atoms with Crippen LogP contribution in [0.1, 0.15) is 42.0 Å². The quantitative estimate of drug-likeness (QED) is 0.803. The van der Waals surface area contributed by atoms with Crippen LogP contribution in [0.15, 0.2) is 48.5 Å². The number of benzene rings is 2. The molecule has 0 N–H and O–H groups in total. The van der Waals surface area contributed by atoms with Gasteiger partial charge in [0.1, 0.15) is 0 Å². The largest absolute Gasteiger partial charge is 0.312 e. The van der Waals surface area contributed by atoms with Gasteiger partial charge in [-0.3, -0.25) is 4.79 Å². The molecule has 0 saturated carbocycles. The SMILES string of the molecule is CCCCN1C(=O)Cc2ccccc2C=C1c1ccccc1C. The lowest BCUT2D eigenvalue weighted by Gasteiger charge is -2.25. The summed E-state index contributed by atoms with van der Waals surface area (Å²) in [6, 6.07) is 16.5. The summed E-state index contributed by atoms with van der Waals surface area (Å²) in [7, 11) is 0. The van der Waals surface area contributed by atoms with Gasteiger partial charge in [-0.05, 0) is 36.1 Å². The normalized spacial score (nSPS) is 14.3. The van der Waals surface area contributed by atoms with Crippen LogP contribution in [0, 0.1) is 6.92 Å². The molecule has 0 spiro atoms. The van der Waals surface area contributed by atoms with Crippen molar-refractivity contribution in [2.24, 2.45) is 0 Å². The van der Waals surface area contributed by atoms with Gasteiger partial charge in [0.15, 0.2) is 0 Å². The molecule has 0 fully saturated rings. The Balaban J connectivity index is 2.13. The third kappa shape index (κ3) is 3.21. The number of hydrogen-bond donors (Lipinski definition) is 0. The monoisotopic (exact) mass is 305 g/mol. The molecule has 3 rings (SSSR count). The fourth-order valence-electron chi connectivity index (χ4n) is 3.10. The van der Waals surface area contributed by atoms with Crippen molar-refractivity contribution in [1.82, 2.24) is 4.90 Å². The van der Waals surface area contributed by atoms with E-state index in [9.17, 15) is 4.79 Å². The van der Waals surface area contributed by atoms with E-state index in [0.717, 1.165) is 41.8 Å². The first kappa shape index (κ1) is 15.5. The zero-order chi connectivity index (χ0) is 16.2. The van der Waals surface area contributed by atoms with E-state index in [1.165, 1.54) is 5.56 Å². The number of aryl methyl sites for hydroxylation is 1. The molecule has 0 saturated heterocycles. The summed E-state index contributed by atoms with van der Waals surface area (Å²) in [5.41, 5.74) is 5.65. The number of fused-ring (bicyclic) bond motifs is 1. The molecule has 0 aromatic heterocycles. The summed E-state index contributed by atoms with van der Waals surface area (Å²) in [5.74, 6) is 0.193. The highest BCUT2D eigenvalue weighted by Crippen LogP contribution is 2.30. The second-order valence-corrected chi connectivity index (χ2v) is 6.12. The van der Waals surface area contributed by atoms with Crippen LogP contribution >= 0.6 is 0 Å². The lowest BCUT2D eigenvalue weighted by Crippen LogP contribution is -2.31. The van der Waals surface area contributed by atoms with E-state index in [1.54, 1.807) is 0 Å². The summed E-state index contributed by atoms with van der Waals surface area (Å²) in [6.07, 6.45) is 4.76. The molecular weight excluding hydrogens is 282 g/mol. The molecule has 2 aromatic rings. The fraction of sp³-hybridized carbons (Fsp3) is 0.286. The number of hydrogen-bond acceptors (Lipinski definition) is 1. The Kier molecular flexibility index (Phi) is 4.61. The van der Waals surface area contributed by atoms with Crippen molar-refractivity contribution >= 4 is 17.7 Å². The molecule has 1 heterocycles. The van der Waals surface area contributed by atoms with E-state index < -0.39 is 0 Å². The van der Waals surface area contributed by atoms with Crippen molar-refractivity contribution in [3.63, 3.8) is 0 Å². The van der Waals surface area contributed by atoms with Crippen LogP contribution in [0.4, 0.5) is 0 Å². The summed E-state index contributed by atoms with van der Waals surface area (Å²) >= 11 is 0. The number of carbonyl (C=O) groups excluding carboxylic acids is 1. The molecule has 0 unspecified atom stereocenters. The van der Waals surface area contributed by atoms with Crippen molar-refractivity contribution in [1.29, 1.82) is 0 Å². The summed E-state index contributed by atoms with van der Waals surface area (Å²) in [6.45, 7) is 5.05. The van der Waals surface area contributed by atoms with Crippen LogP contribution in [-0.4, -0.2) is 17.4 Å². The van der Waals surface area contributed by atoms with Crippen molar-refractivity contribution in [3.05, 3.63) is 70.8 Å². The lowest BCUT2D eigenvalue weighted by atomic mass is 10.0. The maximum absolute atomic E-state index is 12.9. The molecule has 2 aromatic carbocycles. The first-order chi connectivity index (χ1) is 11.2. The summed E-state index contributed by atoms with van der Waals surface area (Å²) < 4.78 is 0. The summed E-state index contributed by atoms with van der Waals surface area (Å²) in [4.78, 5) is 14.8. The minimum atomic E-state index is 0.193. The van der Waals surface area contributed by atoms with Crippen molar-refractivity contribution in [2.45, 2.75) is 33.1 Å².